The first-order valence-electron chi connectivity index (χ1n) is 18.7. The van der Waals surface area contributed by atoms with Crippen LogP contribution in [-0.4, -0.2) is 88.1 Å². The Bertz CT molecular complexity index is 1280. The van der Waals surface area contributed by atoms with Gasteiger partial charge in [0.25, 0.3) is 0 Å². The number of hydrogen-bond donors (Lipinski definition) is 3. The fourth-order valence-corrected chi connectivity index (χ4v) is 14.0. The highest BCUT2D eigenvalue weighted by molar-refractivity contribution is 5.74. The maximum absolute atomic E-state index is 13.2. The summed E-state index contributed by atoms with van der Waals surface area (Å²) in [5.74, 6) is 0.0934. The molecule has 2 saturated heterocycles. The molecule has 1 amide bonds. The molecular weight excluding hydrogens is 598 g/mol. The highest BCUT2D eigenvalue weighted by Gasteiger charge is 2.84. The Morgan fingerprint density at radius 3 is 2.34 bits per heavy atom. The van der Waals surface area contributed by atoms with Gasteiger partial charge in [-0.1, -0.05) is 34.6 Å². The van der Waals surface area contributed by atoms with E-state index in [1.807, 2.05) is 6.92 Å². The van der Waals surface area contributed by atoms with E-state index in [1.54, 1.807) is 18.7 Å². The monoisotopic (exact) mass is 659 g/mol. The van der Waals surface area contributed by atoms with Gasteiger partial charge in [-0.2, -0.15) is 0 Å². The zero-order valence-electron chi connectivity index (χ0n) is 30.1. The predicted molar refractivity (Wildman–Crippen MR) is 175 cm³/mol. The number of rotatable bonds is 6. The number of carboxylic acid groups (broad SMARTS) is 1. The van der Waals surface area contributed by atoms with Gasteiger partial charge < -0.3 is 34.4 Å². The molecule has 0 radical (unpaired) electrons. The summed E-state index contributed by atoms with van der Waals surface area (Å²) in [7, 11) is 0. The first-order valence-corrected chi connectivity index (χ1v) is 18.7. The van der Waals surface area contributed by atoms with Gasteiger partial charge in [0.1, 0.15) is 12.2 Å². The van der Waals surface area contributed by atoms with E-state index in [-0.39, 0.29) is 63.9 Å². The Morgan fingerprint density at radius 1 is 1.02 bits per heavy atom. The van der Waals surface area contributed by atoms with E-state index in [4.69, 9.17) is 14.2 Å². The highest BCUT2D eigenvalue weighted by Crippen LogP contribution is 2.89. The van der Waals surface area contributed by atoms with Crippen molar-refractivity contribution in [2.24, 2.45) is 56.7 Å². The number of hydrogen-bond acceptors (Lipinski definition) is 7. The van der Waals surface area contributed by atoms with Crippen LogP contribution in [0.2, 0.25) is 0 Å². The normalized spacial score (nSPS) is 50.3. The number of aliphatic hydroxyl groups is 2. The summed E-state index contributed by atoms with van der Waals surface area (Å²) in [6, 6.07) is 0. The molecule has 47 heavy (non-hydrogen) atoms. The van der Waals surface area contributed by atoms with Crippen LogP contribution >= 0.6 is 0 Å². The standard InChI is InChI=1S/C38H61NO8/c1-9-45-30(34(5,6)44)23-18-21(2)27-28(46-23)29(40)36(8)25-11-10-24-33(3,4)26(47-32(43)39-17-13-22(19-39)31(41)42)12-14-37(24)20-38(25,37)16-15-35(27,36)7/h21-30,40,44H,9-20H2,1-8H3,(H,41,42)/t21-,22+,23?,24+,25?,26?,27+,28?,29+,30?,35?,36-,37?,38?/m1/s1. The minimum absolute atomic E-state index is 0.0460. The molecule has 7 rings (SSSR count). The number of nitrogens with zero attached hydrogens (tertiary/aromatic N) is 1. The first-order chi connectivity index (χ1) is 21.9. The molecule has 0 bridgehead atoms. The van der Waals surface area contributed by atoms with Gasteiger partial charge in [0, 0.05) is 30.5 Å². The lowest BCUT2D eigenvalue weighted by Gasteiger charge is -2.63. The van der Waals surface area contributed by atoms with Gasteiger partial charge in [-0.05, 0) is 118 Å². The molecule has 14 atom stereocenters. The molecule has 8 unspecified atom stereocenters. The van der Waals surface area contributed by atoms with Gasteiger partial charge >= 0.3 is 12.1 Å². The fraction of sp³-hybridized carbons (Fsp3) is 0.947. The van der Waals surface area contributed by atoms with Crippen LogP contribution in [0.15, 0.2) is 0 Å². The third-order valence-electron chi connectivity index (χ3n) is 16.2. The summed E-state index contributed by atoms with van der Waals surface area (Å²) >= 11 is 0. The summed E-state index contributed by atoms with van der Waals surface area (Å²) in [6.45, 7) is 18.5. The van der Waals surface area contributed by atoms with Crippen molar-refractivity contribution in [3.8, 4) is 0 Å². The van der Waals surface area contributed by atoms with E-state index in [2.05, 4.69) is 34.6 Å². The van der Waals surface area contributed by atoms with Gasteiger partial charge in [0.15, 0.2) is 0 Å². The van der Waals surface area contributed by atoms with Crippen molar-refractivity contribution in [2.45, 2.75) is 149 Å². The van der Waals surface area contributed by atoms with E-state index in [9.17, 15) is 24.9 Å². The molecule has 5 aliphatic carbocycles. The largest absolute Gasteiger partial charge is 0.481 e. The molecule has 2 aliphatic heterocycles. The number of aliphatic hydroxyl groups excluding tert-OH is 1. The fourth-order valence-electron chi connectivity index (χ4n) is 14.0. The zero-order valence-corrected chi connectivity index (χ0v) is 30.1. The van der Waals surface area contributed by atoms with E-state index in [1.165, 1.54) is 12.8 Å². The molecule has 9 nitrogen and oxygen atoms in total. The average molecular weight is 660 g/mol. The Labute approximate surface area is 281 Å². The molecule has 266 valence electrons. The van der Waals surface area contributed by atoms with Crippen molar-refractivity contribution in [3.63, 3.8) is 0 Å². The second-order valence-electron chi connectivity index (χ2n) is 18.7. The van der Waals surface area contributed by atoms with Crippen molar-refractivity contribution in [1.82, 2.24) is 4.90 Å². The van der Waals surface area contributed by atoms with Crippen molar-refractivity contribution >= 4 is 12.1 Å². The molecule has 3 N–H and O–H groups in total. The molecule has 0 aromatic heterocycles. The lowest BCUT2D eigenvalue weighted by molar-refractivity contribution is -0.215. The van der Waals surface area contributed by atoms with E-state index >= 15 is 0 Å². The average Bonchev–Trinajstić information content (AvgIpc) is 3.28. The quantitative estimate of drug-likeness (QED) is 0.323. The van der Waals surface area contributed by atoms with Crippen molar-refractivity contribution in [2.75, 3.05) is 19.7 Å². The topological polar surface area (TPSA) is 126 Å². The number of aliphatic carboxylic acids is 1. The molecule has 9 heteroatoms. The number of ether oxygens (including phenoxy) is 3. The molecular formula is C38H61NO8. The van der Waals surface area contributed by atoms with Crippen LogP contribution in [0, 0.1) is 56.7 Å². The molecule has 0 aromatic rings. The van der Waals surface area contributed by atoms with Gasteiger partial charge in [-0.3, -0.25) is 4.79 Å². The Hall–Kier alpha value is -1.42. The summed E-state index contributed by atoms with van der Waals surface area (Å²) in [4.78, 5) is 26.3. The zero-order chi connectivity index (χ0) is 34.1. The number of carbonyl (C=O) groups is 2. The predicted octanol–water partition coefficient (Wildman–Crippen LogP) is 5.89. The van der Waals surface area contributed by atoms with Crippen molar-refractivity contribution in [3.05, 3.63) is 0 Å². The van der Waals surface area contributed by atoms with Crippen molar-refractivity contribution in [1.29, 1.82) is 0 Å². The minimum Gasteiger partial charge on any atom is -0.481 e. The Balaban J connectivity index is 1.12. The van der Waals surface area contributed by atoms with Gasteiger partial charge in [0.05, 0.1) is 29.8 Å². The van der Waals surface area contributed by atoms with Crippen LogP contribution in [0.5, 0.6) is 0 Å². The SMILES string of the molecule is CCOC(C1C[C@@H](C)[C@H]2C(O1)[C@H](O)[C@@]1(C)C3CC[C@H]4C(C)(C)C(OC(=O)N5CC[C@H](C(=O)O)C5)CCC45CC35CCC21C)C(C)(C)O. The maximum atomic E-state index is 13.2. The maximum Gasteiger partial charge on any atom is 0.410 e. The molecule has 5 saturated carbocycles. The third-order valence-corrected chi connectivity index (χ3v) is 16.2. The molecule has 7 aliphatic rings. The number of amides is 1. The van der Waals surface area contributed by atoms with Crippen LogP contribution in [-0.2, 0) is 19.0 Å². The molecule has 2 heterocycles. The van der Waals surface area contributed by atoms with Crippen molar-refractivity contribution < 1.29 is 39.1 Å². The second kappa shape index (κ2) is 10.8. The van der Waals surface area contributed by atoms with Gasteiger partial charge in [-0.25, -0.2) is 4.79 Å². The molecule has 2 spiro atoms. The summed E-state index contributed by atoms with van der Waals surface area (Å²) in [5, 5.41) is 33.0. The van der Waals surface area contributed by atoms with Gasteiger partial charge in [-0.15, -0.1) is 0 Å². The highest BCUT2D eigenvalue weighted by atomic mass is 16.6. The summed E-state index contributed by atoms with van der Waals surface area (Å²) in [6.07, 6.45) is 6.66. The smallest absolute Gasteiger partial charge is 0.410 e. The van der Waals surface area contributed by atoms with E-state index in [0.29, 0.717) is 37.3 Å². The lowest BCUT2D eigenvalue weighted by Crippen LogP contribution is -2.60. The summed E-state index contributed by atoms with van der Waals surface area (Å²) in [5.41, 5.74) is -1.16. The number of carbonyl (C=O) groups excluding carboxylic acids is 1. The Kier molecular flexibility index (Phi) is 7.82. The second-order valence-corrected chi connectivity index (χ2v) is 18.7. The number of carboxylic acids is 1. The van der Waals surface area contributed by atoms with Crippen LogP contribution < -0.4 is 0 Å². The summed E-state index contributed by atoms with van der Waals surface area (Å²) < 4.78 is 19.3. The number of likely N-dealkylation sites (tertiary alicyclic amines) is 1. The van der Waals surface area contributed by atoms with E-state index < -0.39 is 29.7 Å². The molecule has 7 fully saturated rings. The third kappa shape index (κ3) is 4.46. The van der Waals surface area contributed by atoms with Crippen LogP contribution in [0.4, 0.5) is 4.79 Å². The molecule has 0 aromatic carbocycles. The van der Waals surface area contributed by atoms with Gasteiger partial charge in [0.2, 0.25) is 0 Å². The van der Waals surface area contributed by atoms with Crippen LogP contribution in [0.3, 0.4) is 0 Å². The first kappa shape index (κ1) is 34.0. The lowest BCUT2D eigenvalue weighted by atomic mass is 9.41. The Morgan fingerprint density at radius 2 is 1.70 bits per heavy atom. The number of fused-ring (bicyclic) bond motifs is 4. The van der Waals surface area contributed by atoms with Crippen LogP contribution in [0.1, 0.15) is 113 Å². The van der Waals surface area contributed by atoms with Crippen LogP contribution in [0.25, 0.3) is 0 Å². The minimum atomic E-state index is -1.05. The van der Waals surface area contributed by atoms with E-state index in [0.717, 1.165) is 38.5 Å².